The van der Waals surface area contributed by atoms with Crippen molar-refractivity contribution in [2.24, 2.45) is 11.8 Å². The number of aliphatic hydroxyl groups is 6. The lowest BCUT2D eigenvalue weighted by Crippen LogP contribution is -2.58. The molecule has 3 heterocycles. The first-order chi connectivity index (χ1) is 27.4. The summed E-state index contributed by atoms with van der Waals surface area (Å²) in [5.41, 5.74) is 0. The van der Waals surface area contributed by atoms with Gasteiger partial charge in [0.05, 0.1) is 36.6 Å². The molecule has 0 aromatic carbocycles. The number of esters is 2. The molecule has 3 aliphatic heterocycles. The van der Waals surface area contributed by atoms with Crippen molar-refractivity contribution in [2.75, 3.05) is 0 Å². The molecule has 14 heteroatoms. The van der Waals surface area contributed by atoms with Gasteiger partial charge in [-0.3, -0.25) is 9.59 Å². The summed E-state index contributed by atoms with van der Waals surface area (Å²) in [6, 6.07) is 0. The fourth-order valence-corrected chi connectivity index (χ4v) is 7.45. The molecule has 12 atom stereocenters. The predicted molar refractivity (Wildman–Crippen MR) is 214 cm³/mol. The van der Waals surface area contributed by atoms with Crippen molar-refractivity contribution in [1.82, 2.24) is 0 Å². The lowest BCUT2D eigenvalue weighted by molar-refractivity contribution is -0.317. The average molecular weight is 821 g/mol. The standard InChI is InChI=1S/C44H68O14/c1-29-21-23-37-27-35(47)25-33(45)19-15-11-8-6-10-14-18-32(4)56-42(52)40(50)44(54)30(2)22-24-38(58-44)28-36(48)26-34(46)20-16-12-7-5-9-13-17-31(3)55-41(51)39(49)43(29,53)57-37/h5-12,29-34,37-40,45-46,49-50,53-54H,13-28H2,1-4H3/b9-5?,10-6?,11-8+,12-7+. The van der Waals surface area contributed by atoms with Crippen molar-refractivity contribution in [3.8, 4) is 0 Å². The third kappa shape index (κ3) is 15.8. The number of carbonyl (C=O) groups excluding carboxylic acids is 4. The molecule has 0 aromatic rings. The van der Waals surface area contributed by atoms with Gasteiger partial charge < -0.3 is 49.6 Å². The maximum absolute atomic E-state index is 12.9. The molecule has 0 spiro atoms. The number of ether oxygens (including phenoxy) is 4. The highest BCUT2D eigenvalue weighted by atomic mass is 16.7. The number of carbonyl (C=O) groups is 4. The normalized spacial score (nSPS) is 39.7. The Morgan fingerprint density at radius 3 is 1.16 bits per heavy atom. The van der Waals surface area contributed by atoms with Gasteiger partial charge in [0.2, 0.25) is 23.8 Å². The van der Waals surface area contributed by atoms with Gasteiger partial charge in [-0.05, 0) is 90.9 Å². The van der Waals surface area contributed by atoms with E-state index in [-0.39, 0.29) is 37.2 Å². The monoisotopic (exact) mass is 820 g/mol. The molecule has 4 bridgehead atoms. The summed E-state index contributed by atoms with van der Waals surface area (Å²) in [4.78, 5) is 51.4. The zero-order valence-electron chi connectivity index (χ0n) is 34.7. The summed E-state index contributed by atoms with van der Waals surface area (Å²) >= 11 is 0. The molecule has 3 aliphatic rings. The first-order valence-corrected chi connectivity index (χ1v) is 21.0. The van der Waals surface area contributed by atoms with Crippen LogP contribution in [0.4, 0.5) is 0 Å². The Morgan fingerprint density at radius 2 is 0.810 bits per heavy atom. The fourth-order valence-electron chi connectivity index (χ4n) is 7.45. The van der Waals surface area contributed by atoms with Gasteiger partial charge in [0.1, 0.15) is 11.6 Å². The van der Waals surface area contributed by atoms with E-state index in [1.807, 2.05) is 24.3 Å². The Labute approximate surface area is 343 Å². The van der Waals surface area contributed by atoms with Crippen molar-refractivity contribution >= 4 is 23.5 Å². The summed E-state index contributed by atoms with van der Waals surface area (Å²) in [5, 5.41) is 65.2. The SMILES string of the molecule is CC1CCC=C/C=C/CCC(O)CC(=O)CC2CCC(C)C(O)(O2)C(O)C(=O)OC(C)CCC=C/C=C/CCC(O)CC(=O)CC2CCC(C)C(O)(O2)C(O)C(=O)O1. The molecule has 3 rings (SSSR count). The molecule has 0 saturated carbocycles. The van der Waals surface area contributed by atoms with E-state index in [0.29, 0.717) is 77.0 Å². The molecule has 0 aliphatic carbocycles. The average Bonchev–Trinajstić information content (AvgIpc) is 3.15. The lowest BCUT2D eigenvalue weighted by Gasteiger charge is -2.43. The van der Waals surface area contributed by atoms with Crippen LogP contribution in [-0.2, 0) is 38.1 Å². The molecular weight excluding hydrogens is 752 g/mol. The first-order valence-electron chi connectivity index (χ1n) is 21.0. The first kappa shape index (κ1) is 49.3. The molecule has 58 heavy (non-hydrogen) atoms. The largest absolute Gasteiger partial charge is 0.461 e. The molecular formula is C44H68O14. The second-order valence-electron chi connectivity index (χ2n) is 16.5. The topological polar surface area (TPSA) is 227 Å². The molecule has 12 unspecified atom stereocenters. The summed E-state index contributed by atoms with van der Waals surface area (Å²) in [6.45, 7) is 6.65. The fraction of sp³-hybridized carbons (Fsp3) is 0.727. The van der Waals surface area contributed by atoms with E-state index in [1.165, 1.54) is 0 Å². The van der Waals surface area contributed by atoms with Gasteiger partial charge in [0.25, 0.3) is 0 Å². The molecule has 14 nitrogen and oxygen atoms in total. The van der Waals surface area contributed by atoms with Gasteiger partial charge in [0, 0.05) is 37.5 Å². The highest BCUT2D eigenvalue weighted by Crippen LogP contribution is 2.38. The van der Waals surface area contributed by atoms with Gasteiger partial charge in [-0.15, -0.1) is 0 Å². The quantitative estimate of drug-likeness (QED) is 0.187. The van der Waals surface area contributed by atoms with Gasteiger partial charge in [0.15, 0.2) is 0 Å². The minimum atomic E-state index is -2.24. The van der Waals surface area contributed by atoms with Gasteiger partial charge in [-0.1, -0.05) is 62.5 Å². The maximum atomic E-state index is 12.9. The van der Waals surface area contributed by atoms with Crippen molar-refractivity contribution in [2.45, 2.75) is 191 Å². The maximum Gasteiger partial charge on any atom is 0.340 e. The number of Topliss-reactive ketones (excluding diaryl/α,β-unsaturated/α-hetero) is 2. The van der Waals surface area contributed by atoms with Gasteiger partial charge >= 0.3 is 11.9 Å². The van der Waals surface area contributed by atoms with Crippen molar-refractivity contribution < 1.29 is 68.8 Å². The van der Waals surface area contributed by atoms with Crippen LogP contribution >= 0.6 is 0 Å². The van der Waals surface area contributed by atoms with Crippen molar-refractivity contribution in [3.63, 3.8) is 0 Å². The molecule has 2 fully saturated rings. The molecule has 328 valence electrons. The van der Waals surface area contributed by atoms with E-state index in [0.717, 1.165) is 0 Å². The summed E-state index contributed by atoms with van der Waals surface area (Å²) in [7, 11) is 0. The number of fused-ring (bicyclic) bond motifs is 4. The summed E-state index contributed by atoms with van der Waals surface area (Å²) in [5.74, 6) is -8.28. The number of cyclic esters (lactones) is 2. The van der Waals surface area contributed by atoms with Gasteiger partial charge in [-0.25, -0.2) is 9.59 Å². The second-order valence-corrected chi connectivity index (χ2v) is 16.5. The smallest absolute Gasteiger partial charge is 0.340 e. The number of ketones is 2. The molecule has 2 saturated heterocycles. The molecule has 6 N–H and O–H groups in total. The van der Waals surface area contributed by atoms with E-state index in [4.69, 9.17) is 18.9 Å². The van der Waals surface area contributed by atoms with E-state index in [2.05, 4.69) is 0 Å². The van der Waals surface area contributed by atoms with Crippen LogP contribution in [0.1, 0.15) is 130 Å². The third-order valence-electron chi connectivity index (χ3n) is 11.2. The van der Waals surface area contributed by atoms with E-state index in [9.17, 15) is 49.8 Å². The van der Waals surface area contributed by atoms with Crippen LogP contribution in [0.5, 0.6) is 0 Å². The summed E-state index contributed by atoms with van der Waals surface area (Å²) < 4.78 is 22.4. The van der Waals surface area contributed by atoms with Crippen molar-refractivity contribution in [1.29, 1.82) is 0 Å². The Balaban J connectivity index is 1.63. The Hall–Kier alpha value is -3.08. The highest BCUT2D eigenvalue weighted by Gasteiger charge is 2.52. The number of rotatable bonds is 0. The minimum Gasteiger partial charge on any atom is -0.461 e. The second kappa shape index (κ2) is 24.2. The number of aliphatic hydroxyl groups excluding tert-OH is 4. The lowest BCUT2D eigenvalue weighted by atomic mass is 9.85. The van der Waals surface area contributed by atoms with Crippen LogP contribution in [0.15, 0.2) is 48.6 Å². The van der Waals surface area contributed by atoms with Crippen LogP contribution in [0.3, 0.4) is 0 Å². The zero-order chi connectivity index (χ0) is 42.9. The van der Waals surface area contributed by atoms with E-state index < -0.39 is 84.2 Å². The van der Waals surface area contributed by atoms with Crippen LogP contribution in [0.25, 0.3) is 0 Å². The number of allylic oxidation sites excluding steroid dienone is 8. The van der Waals surface area contributed by atoms with Crippen LogP contribution < -0.4 is 0 Å². The predicted octanol–water partition coefficient (Wildman–Crippen LogP) is 4.36. The van der Waals surface area contributed by atoms with Crippen molar-refractivity contribution in [3.05, 3.63) is 48.6 Å². The Morgan fingerprint density at radius 1 is 0.483 bits per heavy atom. The Kier molecular flexibility index (Phi) is 20.6. The molecule has 0 aromatic heterocycles. The van der Waals surface area contributed by atoms with E-state index >= 15 is 0 Å². The van der Waals surface area contributed by atoms with Crippen LogP contribution in [0.2, 0.25) is 0 Å². The zero-order valence-corrected chi connectivity index (χ0v) is 34.7. The molecule has 0 radical (unpaired) electrons. The van der Waals surface area contributed by atoms with Crippen LogP contribution in [-0.4, -0.2) is 115 Å². The highest BCUT2D eigenvalue weighted by molar-refractivity contribution is 5.80. The Bertz CT molecular complexity index is 1330. The van der Waals surface area contributed by atoms with Crippen LogP contribution in [0, 0.1) is 11.8 Å². The minimum absolute atomic E-state index is 0.0925. The van der Waals surface area contributed by atoms with E-state index in [1.54, 1.807) is 52.0 Å². The van der Waals surface area contributed by atoms with Gasteiger partial charge in [-0.2, -0.15) is 0 Å². The summed E-state index contributed by atoms with van der Waals surface area (Å²) in [6.07, 6.45) is 11.1. The number of hydrogen-bond acceptors (Lipinski definition) is 14. The number of hydrogen-bond donors (Lipinski definition) is 6. The third-order valence-corrected chi connectivity index (χ3v) is 11.2. The molecule has 0 amide bonds.